The molecule has 1 aromatic heterocycles. The van der Waals surface area contributed by atoms with E-state index in [1.54, 1.807) is 36.5 Å². The first-order valence-electron chi connectivity index (χ1n) is 7.42. The van der Waals surface area contributed by atoms with Gasteiger partial charge in [0.25, 0.3) is 0 Å². The summed E-state index contributed by atoms with van der Waals surface area (Å²) in [7, 11) is 0. The molecule has 3 rings (SSSR count). The van der Waals surface area contributed by atoms with Crippen LogP contribution in [0.25, 0.3) is 0 Å². The molecule has 2 aromatic carbocycles. The molecule has 5 heteroatoms. The zero-order valence-electron chi connectivity index (χ0n) is 13.1. The van der Waals surface area contributed by atoms with E-state index in [2.05, 4.69) is 21.4 Å². The van der Waals surface area contributed by atoms with Crippen molar-refractivity contribution in [1.29, 1.82) is 10.7 Å². The number of anilines is 2. The molecule has 0 saturated carbocycles. The van der Waals surface area contributed by atoms with Gasteiger partial charge in [-0.2, -0.15) is 5.26 Å². The molecule has 0 fully saturated rings. The summed E-state index contributed by atoms with van der Waals surface area (Å²) in [4.78, 5) is 8.59. The summed E-state index contributed by atoms with van der Waals surface area (Å²) < 4.78 is 0. The molecule has 0 saturated heterocycles. The Morgan fingerprint density at radius 1 is 1.12 bits per heavy atom. The van der Waals surface area contributed by atoms with E-state index in [4.69, 9.17) is 10.7 Å². The molecule has 0 unspecified atom stereocenters. The fraction of sp³-hybridized carbons (Fsp3) is 0.0526. The molecule has 0 amide bonds. The normalized spacial score (nSPS) is 10.0. The van der Waals surface area contributed by atoms with Crippen molar-refractivity contribution in [3.8, 4) is 6.07 Å². The number of nitrogens with zero attached hydrogens (tertiary/aromatic N) is 3. The number of aryl methyl sites for hydroxylation is 1. The Balaban J connectivity index is 1.83. The van der Waals surface area contributed by atoms with E-state index in [-0.39, 0.29) is 0 Å². The van der Waals surface area contributed by atoms with Crippen LogP contribution in [0.1, 0.15) is 22.4 Å². The second-order valence-electron chi connectivity index (χ2n) is 5.32. The van der Waals surface area contributed by atoms with Gasteiger partial charge in [0.2, 0.25) is 5.95 Å². The molecule has 1 heterocycles. The average molecular weight is 313 g/mol. The molecule has 0 spiro atoms. The first-order valence-corrected chi connectivity index (χ1v) is 7.42. The Kier molecular flexibility index (Phi) is 4.30. The van der Waals surface area contributed by atoms with Crippen LogP contribution in [0, 0.1) is 23.7 Å². The van der Waals surface area contributed by atoms with E-state index in [1.807, 2.05) is 31.2 Å². The summed E-state index contributed by atoms with van der Waals surface area (Å²) in [6.45, 7) is 1.99. The smallest absolute Gasteiger partial charge is 0.227 e. The van der Waals surface area contributed by atoms with Gasteiger partial charge in [-0.1, -0.05) is 23.8 Å². The fourth-order valence-electron chi connectivity index (χ4n) is 2.26. The summed E-state index contributed by atoms with van der Waals surface area (Å²) >= 11 is 0. The maximum absolute atomic E-state index is 8.82. The molecule has 0 aliphatic carbocycles. The van der Waals surface area contributed by atoms with Gasteiger partial charge in [-0.25, -0.2) is 9.97 Å². The molecule has 0 bridgehead atoms. The highest BCUT2D eigenvalue weighted by Crippen LogP contribution is 2.15. The lowest BCUT2D eigenvalue weighted by molar-refractivity contribution is 1.14. The van der Waals surface area contributed by atoms with Crippen LogP contribution in [0.5, 0.6) is 0 Å². The van der Waals surface area contributed by atoms with Crippen LogP contribution in [0.4, 0.5) is 11.6 Å². The van der Waals surface area contributed by atoms with E-state index in [0.717, 1.165) is 16.8 Å². The minimum atomic E-state index is 0.351. The molecule has 116 valence electrons. The van der Waals surface area contributed by atoms with Crippen LogP contribution in [-0.4, -0.2) is 15.7 Å². The third kappa shape index (κ3) is 3.45. The molecule has 3 aromatic rings. The van der Waals surface area contributed by atoms with Crippen molar-refractivity contribution in [1.82, 2.24) is 9.97 Å². The summed E-state index contributed by atoms with van der Waals surface area (Å²) in [5.74, 6) is 0.412. The molecule has 0 aliphatic rings. The first-order chi connectivity index (χ1) is 11.7. The van der Waals surface area contributed by atoms with Gasteiger partial charge in [-0.15, -0.1) is 0 Å². The second-order valence-corrected chi connectivity index (χ2v) is 5.32. The molecular weight excluding hydrogens is 298 g/mol. The van der Waals surface area contributed by atoms with Gasteiger partial charge in [0.15, 0.2) is 0 Å². The predicted molar refractivity (Wildman–Crippen MR) is 93.6 cm³/mol. The quantitative estimate of drug-likeness (QED) is 0.717. The van der Waals surface area contributed by atoms with Gasteiger partial charge in [0.05, 0.1) is 23.0 Å². The second kappa shape index (κ2) is 6.71. The van der Waals surface area contributed by atoms with E-state index < -0.39 is 0 Å². The van der Waals surface area contributed by atoms with Gasteiger partial charge in [-0.3, -0.25) is 5.41 Å². The predicted octanol–water partition coefficient (Wildman–Crippen LogP) is 3.82. The highest BCUT2D eigenvalue weighted by atomic mass is 15.1. The minimum absolute atomic E-state index is 0.351. The summed E-state index contributed by atoms with van der Waals surface area (Å²) in [5, 5.41) is 20.3. The maximum Gasteiger partial charge on any atom is 0.227 e. The molecule has 24 heavy (non-hydrogen) atoms. The van der Waals surface area contributed by atoms with Crippen LogP contribution < -0.4 is 5.32 Å². The minimum Gasteiger partial charge on any atom is -0.324 e. The molecule has 0 aliphatic heterocycles. The van der Waals surface area contributed by atoms with Crippen molar-refractivity contribution in [3.63, 3.8) is 0 Å². The van der Waals surface area contributed by atoms with Gasteiger partial charge in [-0.05, 0) is 43.3 Å². The number of rotatable bonds is 4. The van der Waals surface area contributed by atoms with Gasteiger partial charge >= 0.3 is 0 Å². The maximum atomic E-state index is 8.82. The third-order valence-corrected chi connectivity index (χ3v) is 3.49. The van der Waals surface area contributed by atoms with Crippen LogP contribution in [-0.2, 0) is 0 Å². The standard InChI is InChI=1S/C19H15N5/c1-13-3-2-4-15(11-13)18(21)17-9-10-22-19(24-17)23-16-7-5-14(12-20)6-8-16/h2-11,21H,1H3,(H,22,23,24). The number of aromatic nitrogens is 2. The van der Waals surface area contributed by atoms with Crippen LogP contribution in [0.3, 0.4) is 0 Å². The van der Waals surface area contributed by atoms with Crippen LogP contribution >= 0.6 is 0 Å². The highest BCUT2D eigenvalue weighted by Gasteiger charge is 2.08. The van der Waals surface area contributed by atoms with Crippen molar-refractivity contribution in [3.05, 3.63) is 83.2 Å². The lowest BCUT2D eigenvalue weighted by atomic mass is 10.1. The SMILES string of the molecule is Cc1cccc(C(=N)c2ccnc(Nc3ccc(C#N)cc3)n2)c1. The number of nitrogens with one attached hydrogen (secondary N) is 2. The third-order valence-electron chi connectivity index (χ3n) is 3.49. The van der Waals surface area contributed by atoms with Gasteiger partial charge in [0.1, 0.15) is 0 Å². The largest absolute Gasteiger partial charge is 0.324 e. The van der Waals surface area contributed by atoms with Crippen molar-refractivity contribution in [2.24, 2.45) is 0 Å². The van der Waals surface area contributed by atoms with Crippen LogP contribution in [0.2, 0.25) is 0 Å². The summed E-state index contributed by atoms with van der Waals surface area (Å²) in [6.07, 6.45) is 1.62. The number of hydrogen-bond acceptors (Lipinski definition) is 5. The average Bonchev–Trinajstić information content (AvgIpc) is 2.62. The zero-order chi connectivity index (χ0) is 16.9. The Morgan fingerprint density at radius 2 is 1.92 bits per heavy atom. The molecule has 0 atom stereocenters. The van der Waals surface area contributed by atoms with Gasteiger partial charge in [0, 0.05) is 17.4 Å². The highest BCUT2D eigenvalue weighted by molar-refractivity contribution is 6.09. The lowest BCUT2D eigenvalue weighted by Crippen LogP contribution is -2.07. The Bertz CT molecular complexity index is 923. The van der Waals surface area contributed by atoms with Crippen LogP contribution in [0.15, 0.2) is 60.8 Å². The Labute approximate surface area is 140 Å². The molecule has 0 radical (unpaired) electrons. The summed E-state index contributed by atoms with van der Waals surface area (Å²) in [5.41, 5.74) is 4.20. The molecular formula is C19H15N5. The van der Waals surface area contributed by atoms with Crippen molar-refractivity contribution in [2.75, 3.05) is 5.32 Å². The number of hydrogen-bond donors (Lipinski definition) is 2. The van der Waals surface area contributed by atoms with Crippen molar-refractivity contribution in [2.45, 2.75) is 6.92 Å². The monoisotopic (exact) mass is 313 g/mol. The van der Waals surface area contributed by atoms with E-state index in [0.29, 0.717) is 22.9 Å². The van der Waals surface area contributed by atoms with Gasteiger partial charge < -0.3 is 5.32 Å². The Morgan fingerprint density at radius 3 is 2.62 bits per heavy atom. The number of benzene rings is 2. The van der Waals surface area contributed by atoms with Crippen molar-refractivity contribution >= 4 is 17.3 Å². The van der Waals surface area contributed by atoms with Crippen molar-refractivity contribution < 1.29 is 0 Å². The first kappa shape index (κ1) is 15.4. The van der Waals surface area contributed by atoms with E-state index >= 15 is 0 Å². The Hall–Kier alpha value is -3.52. The number of nitriles is 1. The summed E-state index contributed by atoms with van der Waals surface area (Å²) in [6, 6.07) is 18.6. The lowest BCUT2D eigenvalue weighted by Gasteiger charge is -2.08. The molecule has 2 N–H and O–H groups in total. The topological polar surface area (TPSA) is 85.5 Å². The molecule has 5 nitrogen and oxygen atoms in total. The fourth-order valence-corrected chi connectivity index (χ4v) is 2.26. The van der Waals surface area contributed by atoms with E-state index in [9.17, 15) is 0 Å². The van der Waals surface area contributed by atoms with E-state index in [1.165, 1.54) is 0 Å². The zero-order valence-corrected chi connectivity index (χ0v) is 13.1.